The number of rotatable bonds is 5. The number of nitriles is 1. The molecule has 0 aliphatic rings. The molecule has 0 aliphatic carbocycles. The lowest BCUT2D eigenvalue weighted by Gasteiger charge is -2.15. The average Bonchev–Trinajstić information content (AvgIpc) is 2.56. The maximum atomic E-state index is 12.2. The molecule has 7 heteroatoms. The average molecular weight is 325 g/mol. The summed E-state index contributed by atoms with van der Waals surface area (Å²) in [7, 11) is 0. The number of ether oxygens (including phenoxy) is 1. The number of hydrogen-bond donors (Lipinski definition) is 1. The minimum Gasteiger partial charge on any atom is -0.474 e. The lowest BCUT2D eigenvalue weighted by molar-refractivity contribution is -0.386. The van der Waals surface area contributed by atoms with E-state index in [9.17, 15) is 14.9 Å². The van der Waals surface area contributed by atoms with Crippen molar-refractivity contribution < 1.29 is 14.5 Å². The lowest BCUT2D eigenvalue weighted by Crippen LogP contribution is -2.30. The molecule has 0 heterocycles. The number of nitro benzene ring substituents is 1. The van der Waals surface area contributed by atoms with Gasteiger partial charge in [0.05, 0.1) is 16.6 Å². The summed E-state index contributed by atoms with van der Waals surface area (Å²) in [6, 6.07) is 12.9. The van der Waals surface area contributed by atoms with Crippen LogP contribution in [0.1, 0.15) is 18.1 Å². The van der Waals surface area contributed by atoms with Crippen LogP contribution in [0.3, 0.4) is 0 Å². The first-order valence-electron chi connectivity index (χ1n) is 7.13. The molecule has 0 saturated heterocycles. The summed E-state index contributed by atoms with van der Waals surface area (Å²) in [6.45, 7) is 3.22. The van der Waals surface area contributed by atoms with Gasteiger partial charge in [-0.25, -0.2) is 0 Å². The first-order valence-corrected chi connectivity index (χ1v) is 7.13. The number of nitro groups is 1. The van der Waals surface area contributed by atoms with Gasteiger partial charge in [0.15, 0.2) is 11.9 Å². The molecule has 1 amide bonds. The Morgan fingerprint density at radius 2 is 2.08 bits per heavy atom. The van der Waals surface area contributed by atoms with Crippen molar-refractivity contribution in [2.45, 2.75) is 20.0 Å². The van der Waals surface area contributed by atoms with E-state index < -0.39 is 16.9 Å². The Labute approximate surface area is 138 Å². The molecule has 0 aliphatic heterocycles. The number of amides is 1. The van der Waals surface area contributed by atoms with Crippen LogP contribution in [0.2, 0.25) is 0 Å². The van der Waals surface area contributed by atoms with Crippen molar-refractivity contribution in [3.8, 4) is 11.8 Å². The summed E-state index contributed by atoms with van der Waals surface area (Å²) in [5.74, 6) is -0.445. The van der Waals surface area contributed by atoms with E-state index in [4.69, 9.17) is 10.00 Å². The number of carbonyl (C=O) groups excluding carboxylic acids is 1. The number of anilines is 1. The van der Waals surface area contributed by atoms with Crippen LogP contribution in [0.15, 0.2) is 42.5 Å². The van der Waals surface area contributed by atoms with Gasteiger partial charge in [0.1, 0.15) is 0 Å². The van der Waals surface area contributed by atoms with Crippen LogP contribution in [-0.2, 0) is 4.79 Å². The van der Waals surface area contributed by atoms with Gasteiger partial charge in [0.2, 0.25) is 0 Å². The zero-order valence-electron chi connectivity index (χ0n) is 13.1. The zero-order chi connectivity index (χ0) is 17.7. The number of aryl methyl sites for hydroxylation is 1. The van der Waals surface area contributed by atoms with Crippen LogP contribution in [0.4, 0.5) is 11.4 Å². The Balaban J connectivity index is 2.12. The van der Waals surface area contributed by atoms with Crippen molar-refractivity contribution in [1.29, 1.82) is 5.26 Å². The standard InChI is InChI=1S/C17H15N3O4/c1-11-6-7-16(15(8-11)20(22)23)24-12(2)17(21)19-14-5-3-4-13(9-14)10-18/h3-9,12H,1-2H3,(H,19,21)/t12-/m0/s1. The number of hydrogen-bond acceptors (Lipinski definition) is 5. The van der Waals surface area contributed by atoms with Gasteiger partial charge in [-0.3, -0.25) is 14.9 Å². The van der Waals surface area contributed by atoms with Crippen LogP contribution in [-0.4, -0.2) is 16.9 Å². The van der Waals surface area contributed by atoms with E-state index >= 15 is 0 Å². The first kappa shape index (κ1) is 17.0. The number of carbonyl (C=O) groups is 1. The van der Waals surface area contributed by atoms with Gasteiger partial charge >= 0.3 is 5.69 Å². The zero-order valence-corrected chi connectivity index (χ0v) is 13.1. The third-order valence-corrected chi connectivity index (χ3v) is 3.24. The van der Waals surface area contributed by atoms with Crippen LogP contribution < -0.4 is 10.1 Å². The summed E-state index contributed by atoms with van der Waals surface area (Å²) in [4.78, 5) is 22.7. The normalized spacial score (nSPS) is 11.2. The predicted molar refractivity (Wildman–Crippen MR) is 87.7 cm³/mol. The molecule has 0 spiro atoms. The van der Waals surface area contributed by atoms with E-state index in [-0.39, 0.29) is 11.4 Å². The van der Waals surface area contributed by atoms with Gasteiger partial charge in [-0.05, 0) is 43.7 Å². The van der Waals surface area contributed by atoms with Gasteiger partial charge in [-0.2, -0.15) is 5.26 Å². The van der Waals surface area contributed by atoms with Crippen LogP contribution in [0.25, 0.3) is 0 Å². The number of nitrogens with one attached hydrogen (secondary N) is 1. The van der Waals surface area contributed by atoms with Crippen LogP contribution in [0.5, 0.6) is 5.75 Å². The third kappa shape index (κ3) is 4.08. The van der Waals surface area contributed by atoms with Crippen molar-refractivity contribution in [1.82, 2.24) is 0 Å². The van der Waals surface area contributed by atoms with Crippen molar-refractivity contribution in [3.63, 3.8) is 0 Å². The Bertz CT molecular complexity index is 827. The second kappa shape index (κ2) is 7.24. The van der Waals surface area contributed by atoms with Gasteiger partial charge in [0, 0.05) is 11.8 Å². The summed E-state index contributed by atoms with van der Waals surface area (Å²) in [5.41, 5.74) is 1.39. The van der Waals surface area contributed by atoms with Gasteiger partial charge < -0.3 is 10.1 Å². The number of benzene rings is 2. The Morgan fingerprint density at radius 1 is 1.33 bits per heavy atom. The monoisotopic (exact) mass is 325 g/mol. The minimum absolute atomic E-state index is 0.0269. The Hall–Kier alpha value is -3.40. The second-order valence-corrected chi connectivity index (χ2v) is 5.17. The Morgan fingerprint density at radius 3 is 2.75 bits per heavy atom. The van der Waals surface area contributed by atoms with Crippen LogP contribution in [0, 0.1) is 28.4 Å². The first-order chi connectivity index (χ1) is 11.4. The van der Waals surface area contributed by atoms with Crippen molar-refractivity contribution in [2.24, 2.45) is 0 Å². The summed E-state index contributed by atoms with van der Waals surface area (Å²) < 4.78 is 5.43. The number of nitrogens with zero attached hydrogens (tertiary/aromatic N) is 2. The van der Waals surface area contributed by atoms with Gasteiger partial charge in [0.25, 0.3) is 5.91 Å². The highest BCUT2D eigenvalue weighted by Crippen LogP contribution is 2.28. The minimum atomic E-state index is -0.947. The highest BCUT2D eigenvalue weighted by Gasteiger charge is 2.21. The fourth-order valence-corrected chi connectivity index (χ4v) is 2.02. The van der Waals surface area contributed by atoms with E-state index in [1.807, 2.05) is 6.07 Å². The fraction of sp³-hybridized carbons (Fsp3) is 0.176. The highest BCUT2D eigenvalue weighted by molar-refractivity contribution is 5.94. The molecule has 2 aromatic rings. The van der Waals surface area contributed by atoms with Gasteiger partial charge in [-0.1, -0.05) is 12.1 Å². The molecule has 1 N–H and O–H groups in total. The van der Waals surface area contributed by atoms with E-state index in [1.54, 1.807) is 31.2 Å². The topological polar surface area (TPSA) is 105 Å². The molecule has 0 fully saturated rings. The summed E-state index contributed by atoms with van der Waals surface area (Å²) >= 11 is 0. The Kier molecular flexibility index (Phi) is 5.12. The van der Waals surface area contributed by atoms with E-state index in [0.717, 1.165) is 5.56 Å². The fourth-order valence-electron chi connectivity index (χ4n) is 2.02. The smallest absolute Gasteiger partial charge is 0.311 e. The largest absolute Gasteiger partial charge is 0.474 e. The molecular weight excluding hydrogens is 310 g/mol. The maximum absolute atomic E-state index is 12.2. The summed E-state index contributed by atoms with van der Waals surface area (Å²) in [6.07, 6.45) is -0.947. The molecule has 0 bridgehead atoms. The molecule has 0 radical (unpaired) electrons. The maximum Gasteiger partial charge on any atom is 0.311 e. The van der Waals surface area contributed by atoms with E-state index in [0.29, 0.717) is 11.3 Å². The molecule has 0 unspecified atom stereocenters. The molecule has 2 aromatic carbocycles. The molecule has 122 valence electrons. The molecule has 7 nitrogen and oxygen atoms in total. The molecule has 0 saturated carbocycles. The van der Waals surface area contributed by atoms with Crippen molar-refractivity contribution in [3.05, 3.63) is 63.7 Å². The molecule has 24 heavy (non-hydrogen) atoms. The molecule has 2 rings (SSSR count). The third-order valence-electron chi connectivity index (χ3n) is 3.24. The van der Waals surface area contributed by atoms with E-state index in [1.165, 1.54) is 25.1 Å². The molecule has 0 aromatic heterocycles. The lowest BCUT2D eigenvalue weighted by atomic mass is 10.2. The van der Waals surface area contributed by atoms with Gasteiger partial charge in [-0.15, -0.1) is 0 Å². The van der Waals surface area contributed by atoms with E-state index in [2.05, 4.69) is 5.32 Å². The summed E-state index contributed by atoms with van der Waals surface area (Å²) in [5, 5.41) is 22.5. The van der Waals surface area contributed by atoms with Crippen molar-refractivity contribution >= 4 is 17.3 Å². The van der Waals surface area contributed by atoms with Crippen molar-refractivity contribution in [2.75, 3.05) is 5.32 Å². The predicted octanol–water partition coefficient (Wildman–Crippen LogP) is 3.18. The molecule has 1 atom stereocenters. The second-order valence-electron chi connectivity index (χ2n) is 5.17. The molecular formula is C17H15N3O4. The highest BCUT2D eigenvalue weighted by atomic mass is 16.6. The SMILES string of the molecule is Cc1ccc(O[C@@H](C)C(=O)Nc2cccc(C#N)c2)c([N+](=O)[O-])c1. The van der Waals surface area contributed by atoms with Crippen LogP contribution >= 0.6 is 0 Å². The quantitative estimate of drug-likeness (QED) is 0.671.